The van der Waals surface area contributed by atoms with Crippen LogP contribution in [0.3, 0.4) is 0 Å². The minimum absolute atomic E-state index is 0.240. The van der Waals surface area contributed by atoms with Gasteiger partial charge in [-0.05, 0) is 0 Å². The molecule has 1 heterocycles. The Hall–Kier alpha value is -2.02. The number of pyridine rings is 1. The maximum atomic E-state index is 12.6. The fourth-order valence-corrected chi connectivity index (χ4v) is 1.28. The van der Waals surface area contributed by atoms with Gasteiger partial charge in [-0.15, -0.1) is 13.2 Å². The van der Waals surface area contributed by atoms with Crippen LogP contribution in [0.5, 0.6) is 5.75 Å². The Kier molecular flexibility index (Phi) is 3.90. The van der Waals surface area contributed by atoms with Crippen LogP contribution >= 0.6 is 0 Å². The second-order valence-electron chi connectivity index (χ2n) is 3.19. The molecule has 0 radical (unpaired) electrons. The molecule has 4 nitrogen and oxygen atoms in total. The van der Waals surface area contributed by atoms with Crippen LogP contribution in [-0.4, -0.2) is 11.3 Å². The quantitative estimate of drug-likeness (QED) is 0.846. The SMILES string of the molecule is N#Cc1ncc(C(F)(F)F)c(CN)c1OC(F)(F)F. The number of nitriles is 1. The van der Waals surface area contributed by atoms with Crippen molar-refractivity contribution in [2.75, 3.05) is 0 Å². The number of halogens is 6. The van der Waals surface area contributed by atoms with Crippen LogP contribution in [0, 0.1) is 11.3 Å². The van der Waals surface area contributed by atoms with Gasteiger partial charge >= 0.3 is 12.5 Å². The highest BCUT2D eigenvalue weighted by Gasteiger charge is 2.39. The summed E-state index contributed by atoms with van der Waals surface area (Å²) in [6, 6.07) is 1.21. The monoisotopic (exact) mass is 285 g/mol. The van der Waals surface area contributed by atoms with Crippen LogP contribution in [-0.2, 0) is 12.7 Å². The van der Waals surface area contributed by atoms with E-state index in [0.29, 0.717) is 0 Å². The maximum absolute atomic E-state index is 12.6. The third kappa shape index (κ3) is 3.47. The molecule has 0 atom stereocenters. The largest absolute Gasteiger partial charge is 0.573 e. The van der Waals surface area contributed by atoms with E-state index in [4.69, 9.17) is 11.0 Å². The van der Waals surface area contributed by atoms with E-state index in [1.165, 1.54) is 6.07 Å². The molecule has 19 heavy (non-hydrogen) atoms. The van der Waals surface area contributed by atoms with Crippen LogP contribution in [0.1, 0.15) is 16.8 Å². The molecule has 0 aliphatic heterocycles. The van der Waals surface area contributed by atoms with Crippen molar-refractivity contribution >= 4 is 0 Å². The van der Waals surface area contributed by atoms with E-state index in [2.05, 4.69) is 9.72 Å². The number of hydrogen-bond donors (Lipinski definition) is 1. The summed E-state index contributed by atoms with van der Waals surface area (Å²) < 4.78 is 77.5. The first-order valence-electron chi connectivity index (χ1n) is 4.55. The fraction of sp³-hybridized carbons (Fsp3) is 0.333. The summed E-state index contributed by atoms with van der Waals surface area (Å²) in [5.41, 5.74) is 1.63. The number of hydrogen-bond acceptors (Lipinski definition) is 4. The van der Waals surface area contributed by atoms with Crippen molar-refractivity contribution in [1.82, 2.24) is 4.98 Å². The molecule has 0 unspecified atom stereocenters. The van der Waals surface area contributed by atoms with Gasteiger partial charge in [0, 0.05) is 18.3 Å². The Morgan fingerprint density at radius 2 is 1.84 bits per heavy atom. The Morgan fingerprint density at radius 3 is 2.21 bits per heavy atom. The molecule has 0 aliphatic rings. The van der Waals surface area contributed by atoms with Crippen molar-refractivity contribution < 1.29 is 31.1 Å². The van der Waals surface area contributed by atoms with Crippen molar-refractivity contribution in [2.45, 2.75) is 19.1 Å². The summed E-state index contributed by atoms with van der Waals surface area (Å²) in [7, 11) is 0. The predicted octanol–water partition coefficient (Wildman–Crippen LogP) is 2.33. The normalized spacial score (nSPS) is 12.1. The predicted molar refractivity (Wildman–Crippen MR) is 48.5 cm³/mol. The minimum atomic E-state index is -5.26. The number of alkyl halides is 6. The standard InChI is InChI=1S/C9H5F6N3O/c10-8(11,12)5-3-18-6(2-17)7(4(5)1-16)19-9(13,14)15/h3H,1,16H2. The van der Waals surface area contributed by atoms with Gasteiger partial charge in [0.2, 0.25) is 0 Å². The lowest BCUT2D eigenvalue weighted by atomic mass is 10.1. The van der Waals surface area contributed by atoms with E-state index < -0.39 is 41.7 Å². The second kappa shape index (κ2) is 4.93. The van der Waals surface area contributed by atoms with Gasteiger partial charge in [-0.3, -0.25) is 0 Å². The van der Waals surface area contributed by atoms with E-state index in [0.717, 1.165) is 0 Å². The lowest BCUT2D eigenvalue weighted by Gasteiger charge is -2.17. The number of nitrogens with zero attached hydrogens (tertiary/aromatic N) is 2. The average Bonchev–Trinajstić information content (AvgIpc) is 2.25. The molecule has 0 spiro atoms. The first-order chi connectivity index (χ1) is 8.60. The van der Waals surface area contributed by atoms with Gasteiger partial charge in [-0.1, -0.05) is 0 Å². The Morgan fingerprint density at radius 1 is 1.26 bits per heavy atom. The highest BCUT2D eigenvalue weighted by atomic mass is 19.4. The molecule has 104 valence electrons. The lowest BCUT2D eigenvalue weighted by Crippen LogP contribution is -2.22. The zero-order chi connectivity index (χ0) is 14.8. The maximum Gasteiger partial charge on any atom is 0.573 e. The van der Waals surface area contributed by atoms with Gasteiger partial charge < -0.3 is 10.5 Å². The summed E-state index contributed by atoms with van der Waals surface area (Å²) in [5.74, 6) is -1.33. The molecule has 2 N–H and O–H groups in total. The summed E-state index contributed by atoms with van der Waals surface area (Å²) in [6.07, 6.45) is -9.98. The molecule has 0 saturated carbocycles. The van der Waals surface area contributed by atoms with E-state index in [-0.39, 0.29) is 6.20 Å². The molecule has 1 rings (SSSR count). The van der Waals surface area contributed by atoms with Crippen LogP contribution < -0.4 is 10.5 Å². The molecule has 0 amide bonds. The van der Waals surface area contributed by atoms with E-state index in [9.17, 15) is 26.3 Å². The Balaban J connectivity index is 3.52. The van der Waals surface area contributed by atoms with Crippen LogP contribution in [0.2, 0.25) is 0 Å². The zero-order valence-electron chi connectivity index (χ0n) is 8.93. The molecular weight excluding hydrogens is 280 g/mol. The van der Waals surface area contributed by atoms with Gasteiger partial charge in [0.05, 0.1) is 5.56 Å². The van der Waals surface area contributed by atoms with Gasteiger partial charge in [0.25, 0.3) is 0 Å². The number of rotatable bonds is 2. The number of ether oxygens (including phenoxy) is 1. The van der Waals surface area contributed by atoms with Crippen molar-refractivity contribution in [3.63, 3.8) is 0 Å². The first kappa shape index (κ1) is 15.0. The topological polar surface area (TPSA) is 71.9 Å². The third-order valence-electron chi connectivity index (χ3n) is 1.97. The van der Waals surface area contributed by atoms with Crippen LogP contribution in [0.15, 0.2) is 6.20 Å². The summed E-state index contributed by atoms with van der Waals surface area (Å²) in [6.45, 7) is -0.891. The van der Waals surface area contributed by atoms with Gasteiger partial charge in [-0.25, -0.2) is 4.98 Å². The van der Waals surface area contributed by atoms with E-state index >= 15 is 0 Å². The number of aromatic nitrogens is 1. The van der Waals surface area contributed by atoms with Gasteiger partial charge in [-0.2, -0.15) is 18.4 Å². The Bertz CT molecular complexity index is 516. The lowest BCUT2D eigenvalue weighted by molar-refractivity contribution is -0.275. The highest BCUT2D eigenvalue weighted by molar-refractivity contribution is 5.48. The molecule has 0 bridgehead atoms. The summed E-state index contributed by atoms with van der Waals surface area (Å²) in [5, 5.41) is 8.55. The van der Waals surface area contributed by atoms with Crippen LogP contribution in [0.25, 0.3) is 0 Å². The highest BCUT2D eigenvalue weighted by Crippen LogP contribution is 2.38. The van der Waals surface area contributed by atoms with Crippen molar-refractivity contribution in [3.8, 4) is 11.8 Å². The molecule has 10 heteroatoms. The molecule has 0 fully saturated rings. The van der Waals surface area contributed by atoms with Crippen molar-refractivity contribution in [1.29, 1.82) is 5.26 Å². The second-order valence-corrected chi connectivity index (χ2v) is 3.19. The summed E-state index contributed by atoms with van der Waals surface area (Å²) >= 11 is 0. The van der Waals surface area contributed by atoms with E-state index in [1.807, 2.05) is 0 Å². The zero-order valence-corrected chi connectivity index (χ0v) is 8.93. The average molecular weight is 285 g/mol. The van der Waals surface area contributed by atoms with Gasteiger partial charge in [0.1, 0.15) is 6.07 Å². The molecular formula is C9H5F6N3O. The molecule has 1 aromatic heterocycles. The molecule has 0 saturated heterocycles. The van der Waals surface area contributed by atoms with Crippen LogP contribution in [0.4, 0.5) is 26.3 Å². The Labute approximate surface area is 102 Å². The van der Waals surface area contributed by atoms with E-state index in [1.54, 1.807) is 0 Å². The molecule has 0 aliphatic carbocycles. The smallest absolute Gasteiger partial charge is 0.402 e. The van der Waals surface area contributed by atoms with Gasteiger partial charge in [0.15, 0.2) is 11.4 Å². The third-order valence-corrected chi connectivity index (χ3v) is 1.97. The molecule has 1 aromatic rings. The van der Waals surface area contributed by atoms with Crippen molar-refractivity contribution in [3.05, 3.63) is 23.0 Å². The summed E-state index contributed by atoms with van der Waals surface area (Å²) in [4.78, 5) is 2.99. The fourth-order valence-electron chi connectivity index (χ4n) is 1.28. The molecule has 0 aromatic carbocycles. The number of nitrogens with two attached hydrogens (primary N) is 1. The minimum Gasteiger partial charge on any atom is -0.402 e. The van der Waals surface area contributed by atoms with Crippen molar-refractivity contribution in [2.24, 2.45) is 5.73 Å². The first-order valence-corrected chi connectivity index (χ1v) is 4.55.